The molecule has 0 bridgehead atoms. The molecular weight excluding hydrogens is 242 g/mol. The number of halogens is 1. The predicted octanol–water partition coefficient (Wildman–Crippen LogP) is 3.15. The van der Waals surface area contributed by atoms with Crippen LogP contribution in [0.1, 0.15) is 10.4 Å². The van der Waals surface area contributed by atoms with Crippen LogP contribution in [0.3, 0.4) is 0 Å². The van der Waals surface area contributed by atoms with Gasteiger partial charge in [-0.05, 0) is 17.7 Å². The van der Waals surface area contributed by atoms with Crippen LogP contribution >= 0.6 is 22.9 Å². The first kappa shape index (κ1) is 11.3. The van der Waals surface area contributed by atoms with Crippen LogP contribution in [0.15, 0.2) is 36.0 Å². The standard InChI is InChI=1S/C12H10ClNOS/c13-10-3-1-2-9(4-10)5-11(15)6-12-7-14-8-16-12/h1-4,7-8H,5-6H2. The molecular formula is C12H10ClNOS. The zero-order valence-electron chi connectivity index (χ0n) is 8.52. The molecule has 0 radical (unpaired) electrons. The highest BCUT2D eigenvalue weighted by Gasteiger charge is 2.06. The van der Waals surface area contributed by atoms with Gasteiger partial charge in [-0.1, -0.05) is 23.7 Å². The van der Waals surface area contributed by atoms with Crippen molar-refractivity contribution in [1.82, 2.24) is 4.98 Å². The Kier molecular flexibility index (Phi) is 3.70. The van der Waals surface area contributed by atoms with Crippen molar-refractivity contribution in [3.05, 3.63) is 51.4 Å². The van der Waals surface area contributed by atoms with Gasteiger partial charge in [0.2, 0.25) is 0 Å². The molecule has 1 aromatic heterocycles. The lowest BCUT2D eigenvalue weighted by Gasteiger charge is -2.00. The average molecular weight is 252 g/mol. The van der Waals surface area contributed by atoms with E-state index in [1.807, 2.05) is 18.2 Å². The Morgan fingerprint density at radius 2 is 2.25 bits per heavy atom. The third kappa shape index (κ3) is 3.15. The smallest absolute Gasteiger partial charge is 0.142 e. The van der Waals surface area contributed by atoms with E-state index in [0.717, 1.165) is 10.4 Å². The van der Waals surface area contributed by atoms with E-state index in [0.29, 0.717) is 17.9 Å². The molecule has 0 amide bonds. The van der Waals surface area contributed by atoms with Crippen molar-refractivity contribution in [1.29, 1.82) is 0 Å². The highest BCUT2D eigenvalue weighted by atomic mass is 35.5. The van der Waals surface area contributed by atoms with E-state index in [1.165, 1.54) is 11.3 Å². The molecule has 2 rings (SSSR count). The minimum absolute atomic E-state index is 0.187. The Morgan fingerprint density at radius 3 is 2.94 bits per heavy atom. The van der Waals surface area contributed by atoms with Crippen molar-refractivity contribution in [2.75, 3.05) is 0 Å². The van der Waals surface area contributed by atoms with Gasteiger partial charge in [0.1, 0.15) is 5.78 Å². The molecule has 1 heterocycles. The SMILES string of the molecule is O=C(Cc1cccc(Cl)c1)Cc1cncs1. The maximum atomic E-state index is 11.7. The molecule has 0 atom stereocenters. The Morgan fingerprint density at radius 1 is 1.38 bits per heavy atom. The molecule has 0 saturated carbocycles. The van der Waals surface area contributed by atoms with Crippen LogP contribution in [-0.2, 0) is 17.6 Å². The zero-order chi connectivity index (χ0) is 11.4. The molecule has 82 valence electrons. The monoisotopic (exact) mass is 251 g/mol. The van der Waals surface area contributed by atoms with Crippen molar-refractivity contribution in [3.63, 3.8) is 0 Å². The minimum atomic E-state index is 0.187. The highest BCUT2D eigenvalue weighted by Crippen LogP contribution is 2.13. The van der Waals surface area contributed by atoms with E-state index >= 15 is 0 Å². The number of carbonyl (C=O) groups excluding carboxylic acids is 1. The van der Waals surface area contributed by atoms with Gasteiger partial charge in [0.05, 0.1) is 5.51 Å². The van der Waals surface area contributed by atoms with Crippen LogP contribution in [0.25, 0.3) is 0 Å². The second kappa shape index (κ2) is 5.23. The van der Waals surface area contributed by atoms with E-state index in [1.54, 1.807) is 17.8 Å². The van der Waals surface area contributed by atoms with Crippen molar-refractivity contribution in [2.24, 2.45) is 0 Å². The summed E-state index contributed by atoms with van der Waals surface area (Å²) in [7, 11) is 0. The van der Waals surface area contributed by atoms with Crippen molar-refractivity contribution >= 4 is 28.7 Å². The van der Waals surface area contributed by atoms with Gasteiger partial charge in [-0.2, -0.15) is 0 Å². The summed E-state index contributed by atoms with van der Waals surface area (Å²) >= 11 is 7.36. The molecule has 0 unspecified atom stereocenters. The van der Waals surface area contributed by atoms with E-state index in [2.05, 4.69) is 4.98 Å². The topological polar surface area (TPSA) is 30.0 Å². The summed E-state index contributed by atoms with van der Waals surface area (Å²) in [5.41, 5.74) is 2.70. The van der Waals surface area contributed by atoms with Crippen LogP contribution in [0.2, 0.25) is 5.02 Å². The number of rotatable bonds is 4. The van der Waals surface area contributed by atoms with Gasteiger partial charge in [-0.25, -0.2) is 0 Å². The van der Waals surface area contributed by atoms with Crippen LogP contribution in [0, 0.1) is 0 Å². The third-order valence-electron chi connectivity index (χ3n) is 2.15. The molecule has 0 aliphatic carbocycles. The second-order valence-electron chi connectivity index (χ2n) is 3.49. The lowest BCUT2D eigenvalue weighted by atomic mass is 10.1. The molecule has 0 N–H and O–H groups in total. The Hall–Kier alpha value is -1.19. The zero-order valence-corrected chi connectivity index (χ0v) is 10.1. The van der Waals surface area contributed by atoms with Gasteiger partial charge in [0, 0.05) is 28.9 Å². The number of thiazole rings is 1. The fraction of sp³-hybridized carbons (Fsp3) is 0.167. The fourth-order valence-corrected chi connectivity index (χ4v) is 2.30. The Labute approximate surface area is 103 Å². The van der Waals surface area contributed by atoms with E-state index < -0.39 is 0 Å². The van der Waals surface area contributed by atoms with Crippen LogP contribution in [-0.4, -0.2) is 10.8 Å². The summed E-state index contributed by atoms with van der Waals surface area (Å²) < 4.78 is 0. The van der Waals surface area contributed by atoms with Gasteiger partial charge < -0.3 is 0 Å². The van der Waals surface area contributed by atoms with Crippen LogP contribution < -0.4 is 0 Å². The van der Waals surface area contributed by atoms with Gasteiger partial charge in [-0.3, -0.25) is 9.78 Å². The molecule has 0 aliphatic heterocycles. The first-order chi connectivity index (χ1) is 7.74. The normalized spacial score (nSPS) is 10.3. The maximum absolute atomic E-state index is 11.7. The van der Waals surface area contributed by atoms with E-state index in [9.17, 15) is 4.79 Å². The quantitative estimate of drug-likeness (QED) is 0.836. The van der Waals surface area contributed by atoms with E-state index in [-0.39, 0.29) is 5.78 Å². The molecule has 0 aliphatic rings. The Balaban J connectivity index is 1.97. The van der Waals surface area contributed by atoms with Crippen molar-refractivity contribution in [3.8, 4) is 0 Å². The number of hydrogen-bond donors (Lipinski definition) is 0. The molecule has 0 spiro atoms. The molecule has 1 aromatic carbocycles. The van der Waals surface area contributed by atoms with Gasteiger partial charge in [0.25, 0.3) is 0 Å². The first-order valence-corrected chi connectivity index (χ1v) is 6.13. The summed E-state index contributed by atoms with van der Waals surface area (Å²) in [6.45, 7) is 0. The molecule has 0 fully saturated rings. The summed E-state index contributed by atoms with van der Waals surface area (Å²) in [4.78, 5) is 16.7. The Bertz CT molecular complexity index is 482. The maximum Gasteiger partial charge on any atom is 0.142 e. The van der Waals surface area contributed by atoms with Crippen LogP contribution in [0.5, 0.6) is 0 Å². The van der Waals surface area contributed by atoms with E-state index in [4.69, 9.17) is 11.6 Å². The van der Waals surface area contributed by atoms with Crippen molar-refractivity contribution in [2.45, 2.75) is 12.8 Å². The number of aromatic nitrogens is 1. The first-order valence-electron chi connectivity index (χ1n) is 4.87. The second-order valence-corrected chi connectivity index (χ2v) is 4.90. The largest absolute Gasteiger partial charge is 0.299 e. The number of nitrogens with zero attached hydrogens (tertiary/aromatic N) is 1. The predicted molar refractivity (Wildman–Crippen MR) is 66.0 cm³/mol. The van der Waals surface area contributed by atoms with Crippen molar-refractivity contribution < 1.29 is 4.79 Å². The molecule has 2 nitrogen and oxygen atoms in total. The number of carbonyl (C=O) groups is 1. The molecule has 2 aromatic rings. The number of hydrogen-bond acceptors (Lipinski definition) is 3. The highest BCUT2D eigenvalue weighted by molar-refractivity contribution is 7.09. The fourth-order valence-electron chi connectivity index (χ4n) is 1.46. The molecule has 4 heteroatoms. The van der Waals surface area contributed by atoms with Gasteiger partial charge in [-0.15, -0.1) is 11.3 Å². The van der Waals surface area contributed by atoms with Gasteiger partial charge >= 0.3 is 0 Å². The summed E-state index contributed by atoms with van der Waals surface area (Å²) in [5, 5.41) is 0.670. The summed E-state index contributed by atoms with van der Waals surface area (Å²) in [6, 6.07) is 7.40. The molecule has 16 heavy (non-hydrogen) atoms. The van der Waals surface area contributed by atoms with Gasteiger partial charge in [0.15, 0.2) is 0 Å². The third-order valence-corrected chi connectivity index (χ3v) is 3.16. The number of benzene rings is 1. The number of Topliss-reactive ketones (excluding diaryl/α,β-unsaturated/α-hetero) is 1. The summed E-state index contributed by atoms with van der Waals surface area (Å²) in [5.74, 6) is 0.187. The lowest BCUT2D eigenvalue weighted by Crippen LogP contribution is -2.05. The minimum Gasteiger partial charge on any atom is -0.299 e. The lowest BCUT2D eigenvalue weighted by molar-refractivity contribution is -0.117. The number of ketones is 1. The summed E-state index contributed by atoms with van der Waals surface area (Å²) in [6.07, 6.45) is 2.62. The van der Waals surface area contributed by atoms with Crippen LogP contribution in [0.4, 0.5) is 0 Å². The average Bonchev–Trinajstić information content (AvgIpc) is 2.70. The molecule has 0 saturated heterocycles.